The van der Waals surface area contributed by atoms with Crippen LogP contribution in [0.1, 0.15) is 37.6 Å². The van der Waals surface area contributed by atoms with Crippen LogP contribution in [0.2, 0.25) is 0 Å². The van der Waals surface area contributed by atoms with Crippen LogP contribution in [-0.2, 0) is 14.3 Å². The Hall–Kier alpha value is -3.26. The zero-order chi connectivity index (χ0) is 20.9. The van der Waals surface area contributed by atoms with E-state index in [9.17, 15) is 14.4 Å². The number of carbonyl (C=O) groups is 3. The van der Waals surface area contributed by atoms with Gasteiger partial charge >= 0.3 is 12.1 Å². The highest BCUT2D eigenvalue weighted by Gasteiger charge is 2.41. The van der Waals surface area contributed by atoms with Gasteiger partial charge in [-0.25, -0.2) is 9.59 Å². The fourth-order valence-electron chi connectivity index (χ4n) is 2.77. The molecule has 1 aliphatic heterocycles. The first kappa shape index (κ1) is 21.0. The maximum atomic E-state index is 12.7. The number of methoxy groups -OCH3 is 1. The van der Waals surface area contributed by atoms with Crippen molar-refractivity contribution in [3.8, 4) is 0 Å². The van der Waals surface area contributed by atoms with E-state index >= 15 is 0 Å². The van der Waals surface area contributed by atoms with Crippen molar-refractivity contribution in [2.24, 2.45) is 5.11 Å². The molecule has 2 amide bonds. The number of carbonyl (C=O) groups excluding carboxylic acids is 3. The average Bonchev–Trinajstić information content (AvgIpc) is 3.05. The summed E-state index contributed by atoms with van der Waals surface area (Å²) >= 11 is 0. The van der Waals surface area contributed by atoms with E-state index in [0.717, 1.165) is 0 Å². The number of anilines is 1. The number of azide groups is 1. The van der Waals surface area contributed by atoms with Gasteiger partial charge in [0.15, 0.2) is 0 Å². The van der Waals surface area contributed by atoms with Crippen LogP contribution in [0.5, 0.6) is 0 Å². The molecule has 0 bridgehead atoms. The first-order chi connectivity index (χ1) is 13.1. The molecule has 1 aliphatic rings. The predicted molar refractivity (Wildman–Crippen MR) is 101 cm³/mol. The van der Waals surface area contributed by atoms with E-state index in [1.165, 1.54) is 24.1 Å². The van der Waals surface area contributed by atoms with Crippen LogP contribution < -0.4 is 5.32 Å². The number of likely N-dealkylation sites (tertiary alicyclic amines) is 1. The molecule has 10 heteroatoms. The lowest BCUT2D eigenvalue weighted by molar-refractivity contribution is -0.120. The fourth-order valence-corrected chi connectivity index (χ4v) is 2.77. The van der Waals surface area contributed by atoms with Gasteiger partial charge in [-0.1, -0.05) is 5.11 Å². The summed E-state index contributed by atoms with van der Waals surface area (Å²) in [4.78, 5) is 40.7. The zero-order valence-electron chi connectivity index (χ0n) is 16.2. The second-order valence-corrected chi connectivity index (χ2v) is 7.30. The van der Waals surface area contributed by atoms with Crippen LogP contribution in [0, 0.1) is 0 Å². The number of ether oxygens (including phenoxy) is 2. The van der Waals surface area contributed by atoms with Crippen molar-refractivity contribution < 1.29 is 23.9 Å². The van der Waals surface area contributed by atoms with Gasteiger partial charge in [0.2, 0.25) is 5.91 Å². The summed E-state index contributed by atoms with van der Waals surface area (Å²) in [6.07, 6.45) is -0.459. The van der Waals surface area contributed by atoms with Crippen molar-refractivity contribution in [1.82, 2.24) is 4.90 Å². The topological polar surface area (TPSA) is 134 Å². The summed E-state index contributed by atoms with van der Waals surface area (Å²) in [5.74, 6) is -0.922. The molecule has 10 nitrogen and oxygen atoms in total. The molecule has 1 aromatic carbocycles. The number of amides is 2. The molecule has 2 atom stereocenters. The Balaban J connectivity index is 2.14. The van der Waals surface area contributed by atoms with Crippen molar-refractivity contribution in [2.45, 2.75) is 44.9 Å². The molecule has 150 valence electrons. The van der Waals surface area contributed by atoms with E-state index in [2.05, 4.69) is 20.1 Å². The number of esters is 1. The molecule has 2 unspecified atom stereocenters. The van der Waals surface area contributed by atoms with Gasteiger partial charge in [0.1, 0.15) is 11.6 Å². The van der Waals surface area contributed by atoms with E-state index in [1.54, 1.807) is 32.9 Å². The molecule has 0 radical (unpaired) electrons. The Morgan fingerprint density at radius 2 is 1.89 bits per heavy atom. The van der Waals surface area contributed by atoms with Gasteiger partial charge in [-0.15, -0.1) is 0 Å². The molecule has 0 spiro atoms. The number of rotatable bonds is 4. The summed E-state index contributed by atoms with van der Waals surface area (Å²) in [6, 6.07) is 4.79. The predicted octanol–water partition coefficient (Wildman–Crippen LogP) is 3.10. The quantitative estimate of drug-likeness (QED) is 0.365. The lowest BCUT2D eigenvalue weighted by Gasteiger charge is -2.28. The molecule has 1 fully saturated rings. The highest BCUT2D eigenvalue weighted by molar-refractivity contribution is 5.97. The summed E-state index contributed by atoms with van der Waals surface area (Å²) < 4.78 is 9.98. The molecule has 1 N–H and O–H groups in total. The minimum atomic E-state index is -0.842. The Bertz CT molecular complexity index is 796. The highest BCUT2D eigenvalue weighted by Crippen LogP contribution is 2.25. The monoisotopic (exact) mass is 389 g/mol. The van der Waals surface area contributed by atoms with E-state index < -0.39 is 35.7 Å². The molecular formula is C18H23N5O5. The van der Waals surface area contributed by atoms with E-state index in [0.29, 0.717) is 11.3 Å². The van der Waals surface area contributed by atoms with Crippen molar-refractivity contribution in [3.05, 3.63) is 40.3 Å². The van der Waals surface area contributed by atoms with Crippen LogP contribution in [0.15, 0.2) is 29.4 Å². The number of nitrogens with one attached hydrogen (secondary N) is 1. The lowest BCUT2D eigenvalue weighted by atomic mass is 10.1. The van der Waals surface area contributed by atoms with Gasteiger partial charge in [0.05, 0.1) is 18.7 Å². The third-order valence-electron chi connectivity index (χ3n) is 4.00. The van der Waals surface area contributed by atoms with E-state index in [4.69, 9.17) is 10.3 Å². The molecule has 2 rings (SSSR count). The van der Waals surface area contributed by atoms with Crippen LogP contribution >= 0.6 is 0 Å². The first-order valence-electron chi connectivity index (χ1n) is 8.67. The molecule has 1 aromatic rings. The van der Waals surface area contributed by atoms with Crippen molar-refractivity contribution >= 4 is 23.7 Å². The summed E-state index contributed by atoms with van der Waals surface area (Å²) in [5.41, 5.74) is 8.75. The number of hydrogen-bond acceptors (Lipinski definition) is 6. The standard InChI is InChI=1S/C18H23N5O5/c1-18(2,3)28-17(26)23-10-13(21-22-19)9-14(23)15(24)20-12-7-5-11(6-8-12)16(25)27-4/h5-8,13-14H,9-10H2,1-4H3,(H,20,24). The van der Waals surface area contributed by atoms with Gasteiger partial charge in [-0.2, -0.15) is 0 Å². The zero-order valence-corrected chi connectivity index (χ0v) is 16.2. The lowest BCUT2D eigenvalue weighted by Crippen LogP contribution is -2.45. The Morgan fingerprint density at radius 1 is 1.25 bits per heavy atom. The number of nitrogens with zero attached hydrogens (tertiary/aromatic N) is 4. The molecule has 0 aliphatic carbocycles. The minimum absolute atomic E-state index is 0.0956. The Kier molecular flexibility index (Phi) is 6.48. The van der Waals surface area contributed by atoms with Crippen molar-refractivity contribution in [2.75, 3.05) is 19.0 Å². The van der Waals surface area contributed by atoms with E-state index in [1.807, 2.05) is 0 Å². The average molecular weight is 389 g/mol. The molecule has 0 saturated carbocycles. The maximum absolute atomic E-state index is 12.7. The van der Waals surface area contributed by atoms with Gasteiger partial charge in [-0.05, 0) is 57.0 Å². The van der Waals surface area contributed by atoms with Crippen LogP contribution in [-0.4, -0.2) is 54.2 Å². The molecule has 1 heterocycles. The molecule has 0 aromatic heterocycles. The van der Waals surface area contributed by atoms with Crippen LogP contribution in [0.3, 0.4) is 0 Å². The number of hydrogen-bond donors (Lipinski definition) is 1. The largest absolute Gasteiger partial charge is 0.465 e. The second-order valence-electron chi connectivity index (χ2n) is 7.30. The van der Waals surface area contributed by atoms with Gasteiger partial charge in [0, 0.05) is 17.1 Å². The molecule has 28 heavy (non-hydrogen) atoms. The SMILES string of the molecule is COC(=O)c1ccc(NC(=O)C2CC(N=[N+]=[N-])CN2C(=O)OC(C)(C)C)cc1. The maximum Gasteiger partial charge on any atom is 0.410 e. The summed E-state index contributed by atoms with van der Waals surface area (Å²) in [7, 11) is 1.28. The molecule has 1 saturated heterocycles. The summed E-state index contributed by atoms with van der Waals surface area (Å²) in [5, 5.41) is 6.34. The van der Waals surface area contributed by atoms with Crippen LogP contribution in [0.4, 0.5) is 10.5 Å². The van der Waals surface area contributed by atoms with Crippen molar-refractivity contribution in [1.29, 1.82) is 0 Å². The fraction of sp³-hybridized carbons (Fsp3) is 0.500. The van der Waals surface area contributed by atoms with E-state index in [-0.39, 0.29) is 13.0 Å². The highest BCUT2D eigenvalue weighted by atomic mass is 16.6. The third kappa shape index (κ3) is 5.37. The van der Waals surface area contributed by atoms with Crippen molar-refractivity contribution in [3.63, 3.8) is 0 Å². The Morgan fingerprint density at radius 3 is 2.43 bits per heavy atom. The normalized spacial score (nSPS) is 18.8. The van der Waals surface area contributed by atoms with Gasteiger partial charge in [0.25, 0.3) is 0 Å². The second kappa shape index (κ2) is 8.62. The molecular weight excluding hydrogens is 366 g/mol. The third-order valence-corrected chi connectivity index (χ3v) is 4.00. The number of benzene rings is 1. The summed E-state index contributed by atoms with van der Waals surface area (Å²) in [6.45, 7) is 5.27. The minimum Gasteiger partial charge on any atom is -0.465 e. The van der Waals surface area contributed by atoms with Gasteiger partial charge in [-0.3, -0.25) is 9.69 Å². The van der Waals surface area contributed by atoms with Crippen LogP contribution in [0.25, 0.3) is 10.4 Å². The van der Waals surface area contributed by atoms with Gasteiger partial charge < -0.3 is 14.8 Å². The first-order valence-corrected chi connectivity index (χ1v) is 8.67. The Labute approximate surface area is 162 Å². The smallest absolute Gasteiger partial charge is 0.410 e.